The Morgan fingerprint density at radius 1 is 1.32 bits per heavy atom. The number of nitrogens with one attached hydrogen (secondary N) is 1. The third-order valence-corrected chi connectivity index (χ3v) is 2.96. The molecule has 1 heterocycles. The highest BCUT2D eigenvalue weighted by atomic mass is 16.6. The van der Waals surface area contributed by atoms with Gasteiger partial charge in [-0.1, -0.05) is 30.3 Å². The van der Waals surface area contributed by atoms with Crippen LogP contribution in [0.15, 0.2) is 48.7 Å². The molecule has 114 valence electrons. The third-order valence-electron chi connectivity index (χ3n) is 2.96. The Bertz CT molecular complexity index is 661. The lowest BCUT2D eigenvalue weighted by atomic mass is 10.1. The summed E-state index contributed by atoms with van der Waals surface area (Å²) in [6.45, 7) is 1.53. The van der Waals surface area contributed by atoms with Crippen molar-refractivity contribution in [3.63, 3.8) is 0 Å². The number of pyridine rings is 1. The number of nitrogens with zero attached hydrogens (tertiary/aromatic N) is 2. The van der Waals surface area contributed by atoms with E-state index in [-0.39, 0.29) is 24.3 Å². The van der Waals surface area contributed by atoms with Crippen LogP contribution in [0.3, 0.4) is 0 Å². The van der Waals surface area contributed by atoms with Gasteiger partial charge in [0.05, 0.1) is 6.04 Å². The van der Waals surface area contributed by atoms with Crippen molar-refractivity contribution >= 4 is 11.7 Å². The molecule has 1 unspecified atom stereocenters. The van der Waals surface area contributed by atoms with Gasteiger partial charge in [-0.3, -0.25) is 4.79 Å². The normalized spacial score (nSPS) is 11.5. The molecule has 7 heteroatoms. The fourth-order valence-corrected chi connectivity index (χ4v) is 1.88. The van der Waals surface area contributed by atoms with Gasteiger partial charge >= 0.3 is 5.82 Å². The summed E-state index contributed by atoms with van der Waals surface area (Å²) in [6, 6.07) is 12.2. The largest absolute Gasteiger partial charge is 0.476 e. The number of amides is 1. The third kappa shape index (κ3) is 4.02. The minimum atomic E-state index is -0.653. The number of rotatable bonds is 6. The Morgan fingerprint density at radius 3 is 2.73 bits per heavy atom. The lowest BCUT2D eigenvalue weighted by Gasteiger charge is -2.14. The Hall–Kier alpha value is -2.96. The van der Waals surface area contributed by atoms with E-state index >= 15 is 0 Å². The highest BCUT2D eigenvalue weighted by Gasteiger charge is 2.17. The van der Waals surface area contributed by atoms with Gasteiger partial charge in [-0.05, 0) is 34.5 Å². The van der Waals surface area contributed by atoms with E-state index in [1.807, 2.05) is 37.3 Å². The van der Waals surface area contributed by atoms with E-state index in [1.54, 1.807) is 0 Å². The van der Waals surface area contributed by atoms with Crippen LogP contribution in [-0.4, -0.2) is 22.4 Å². The first-order valence-corrected chi connectivity index (χ1v) is 6.64. The van der Waals surface area contributed by atoms with Crippen molar-refractivity contribution in [3.8, 4) is 5.75 Å². The first kappa shape index (κ1) is 15.4. The number of aromatic nitrogens is 1. The minimum Gasteiger partial charge on any atom is -0.476 e. The summed E-state index contributed by atoms with van der Waals surface area (Å²) < 4.78 is 5.18. The van der Waals surface area contributed by atoms with Crippen LogP contribution in [0.25, 0.3) is 0 Å². The summed E-state index contributed by atoms with van der Waals surface area (Å²) in [5.41, 5.74) is 0.961. The predicted molar refractivity (Wildman–Crippen MR) is 79.4 cm³/mol. The molecule has 1 aromatic carbocycles. The predicted octanol–water partition coefficient (Wildman–Crippen LogP) is 2.25. The van der Waals surface area contributed by atoms with Crippen molar-refractivity contribution in [2.24, 2.45) is 0 Å². The molecule has 0 spiro atoms. The first-order chi connectivity index (χ1) is 10.6. The van der Waals surface area contributed by atoms with Gasteiger partial charge in [-0.25, -0.2) is 0 Å². The number of benzene rings is 1. The minimum absolute atomic E-state index is 0.0324. The topological polar surface area (TPSA) is 94.4 Å². The van der Waals surface area contributed by atoms with E-state index in [2.05, 4.69) is 10.3 Å². The van der Waals surface area contributed by atoms with Crippen LogP contribution in [0.4, 0.5) is 5.82 Å². The highest BCUT2D eigenvalue weighted by molar-refractivity contribution is 5.78. The number of nitro groups is 1. The van der Waals surface area contributed by atoms with Gasteiger partial charge in [-0.15, -0.1) is 0 Å². The zero-order valence-electron chi connectivity index (χ0n) is 11.9. The second kappa shape index (κ2) is 7.16. The molecule has 0 aliphatic heterocycles. The summed E-state index contributed by atoms with van der Waals surface area (Å²) in [4.78, 5) is 25.6. The molecule has 22 heavy (non-hydrogen) atoms. The summed E-state index contributed by atoms with van der Waals surface area (Å²) in [5.74, 6) is -0.809. The van der Waals surface area contributed by atoms with Crippen LogP contribution in [-0.2, 0) is 4.79 Å². The Morgan fingerprint density at radius 2 is 2.05 bits per heavy atom. The summed E-state index contributed by atoms with van der Waals surface area (Å²) in [6.07, 6.45) is 1.29. The van der Waals surface area contributed by atoms with E-state index in [4.69, 9.17) is 4.74 Å². The molecule has 2 aromatic rings. The number of ether oxygens (including phenoxy) is 1. The van der Waals surface area contributed by atoms with Crippen molar-refractivity contribution in [2.75, 3.05) is 6.61 Å². The Labute approximate surface area is 127 Å². The van der Waals surface area contributed by atoms with E-state index < -0.39 is 10.7 Å². The second-order valence-electron chi connectivity index (χ2n) is 4.57. The lowest BCUT2D eigenvalue weighted by Crippen LogP contribution is -2.31. The van der Waals surface area contributed by atoms with E-state index in [1.165, 1.54) is 18.3 Å². The smallest absolute Gasteiger partial charge is 0.406 e. The molecular formula is C15H15N3O4. The van der Waals surface area contributed by atoms with Crippen LogP contribution in [0.2, 0.25) is 0 Å². The molecule has 0 saturated carbocycles. The number of carbonyl (C=O) groups excluding carboxylic acids is 1. The van der Waals surface area contributed by atoms with Gasteiger partial charge in [0.2, 0.25) is 5.75 Å². The molecule has 1 atom stereocenters. The average molecular weight is 301 g/mol. The van der Waals surface area contributed by atoms with E-state index in [9.17, 15) is 14.9 Å². The van der Waals surface area contributed by atoms with Crippen LogP contribution >= 0.6 is 0 Å². The van der Waals surface area contributed by atoms with Gasteiger partial charge in [0, 0.05) is 0 Å². The van der Waals surface area contributed by atoms with Crippen LogP contribution in [0, 0.1) is 10.1 Å². The number of hydrogen-bond donors (Lipinski definition) is 1. The van der Waals surface area contributed by atoms with Crippen LogP contribution in [0.1, 0.15) is 18.5 Å². The summed E-state index contributed by atoms with van der Waals surface area (Å²) in [7, 11) is 0. The number of carbonyl (C=O) groups is 1. The maximum Gasteiger partial charge on any atom is 0.406 e. The lowest BCUT2D eigenvalue weighted by molar-refractivity contribution is -0.390. The van der Waals surface area contributed by atoms with Gasteiger partial charge in [-0.2, -0.15) is 0 Å². The Balaban J connectivity index is 1.92. The molecule has 0 aliphatic rings. The monoisotopic (exact) mass is 301 g/mol. The van der Waals surface area contributed by atoms with E-state index in [0.717, 1.165) is 5.56 Å². The molecule has 0 saturated heterocycles. The standard InChI is InChI=1S/C15H15N3O4/c1-11(12-6-3-2-4-7-12)17-14(19)10-22-13-8-5-9-16-15(13)18(20)21/h2-9,11H,10H2,1H3,(H,17,19). The quantitative estimate of drug-likeness (QED) is 0.652. The first-order valence-electron chi connectivity index (χ1n) is 6.64. The Kier molecular flexibility index (Phi) is 5.02. The molecule has 7 nitrogen and oxygen atoms in total. The average Bonchev–Trinajstić information content (AvgIpc) is 2.54. The van der Waals surface area contributed by atoms with Crippen LogP contribution < -0.4 is 10.1 Å². The summed E-state index contributed by atoms with van der Waals surface area (Å²) >= 11 is 0. The molecule has 0 aliphatic carbocycles. The highest BCUT2D eigenvalue weighted by Crippen LogP contribution is 2.22. The maximum absolute atomic E-state index is 11.9. The zero-order chi connectivity index (χ0) is 15.9. The van der Waals surface area contributed by atoms with E-state index in [0.29, 0.717) is 0 Å². The SMILES string of the molecule is CC(NC(=O)COc1cccnc1[N+](=O)[O-])c1ccccc1. The van der Waals surface area contributed by atoms with Crippen molar-refractivity contribution in [3.05, 3.63) is 64.3 Å². The van der Waals surface area contributed by atoms with Gasteiger partial charge in [0.15, 0.2) is 6.61 Å². The zero-order valence-corrected chi connectivity index (χ0v) is 11.9. The van der Waals surface area contributed by atoms with Crippen LogP contribution in [0.5, 0.6) is 5.75 Å². The molecule has 1 N–H and O–H groups in total. The second-order valence-corrected chi connectivity index (χ2v) is 4.57. The molecule has 1 aromatic heterocycles. The van der Waals surface area contributed by atoms with Crippen molar-refractivity contribution in [1.82, 2.24) is 10.3 Å². The molecular weight excluding hydrogens is 286 g/mol. The molecule has 2 rings (SSSR count). The van der Waals surface area contributed by atoms with Gasteiger partial charge < -0.3 is 20.2 Å². The van der Waals surface area contributed by atoms with Crippen molar-refractivity contribution in [1.29, 1.82) is 0 Å². The van der Waals surface area contributed by atoms with Crippen molar-refractivity contribution < 1.29 is 14.5 Å². The number of hydrogen-bond acceptors (Lipinski definition) is 5. The van der Waals surface area contributed by atoms with Gasteiger partial charge in [0.25, 0.3) is 5.91 Å². The fraction of sp³-hybridized carbons (Fsp3) is 0.200. The maximum atomic E-state index is 11.9. The fourth-order valence-electron chi connectivity index (χ4n) is 1.88. The van der Waals surface area contributed by atoms with Crippen molar-refractivity contribution in [2.45, 2.75) is 13.0 Å². The van der Waals surface area contributed by atoms with Gasteiger partial charge in [0.1, 0.15) is 6.20 Å². The molecule has 0 bridgehead atoms. The molecule has 0 fully saturated rings. The molecule has 0 radical (unpaired) electrons. The molecule has 1 amide bonds. The summed E-state index contributed by atoms with van der Waals surface area (Å²) in [5, 5.41) is 13.6.